The topological polar surface area (TPSA) is 8.81 Å². The molecule has 118 valence electrons. The third-order valence-electron chi connectivity index (χ3n) is 5.51. The zero-order valence-corrected chi connectivity index (χ0v) is 13.8. The number of fused-ring (bicyclic) bond motifs is 7. The van der Waals surface area contributed by atoms with Crippen molar-refractivity contribution < 1.29 is 4.57 Å². The molecule has 4 aromatic rings. The maximum atomic E-state index is 2.51. The van der Waals surface area contributed by atoms with Crippen LogP contribution in [0.4, 0.5) is 0 Å². The lowest BCUT2D eigenvalue weighted by Crippen LogP contribution is -2.34. The average Bonchev–Trinajstić information content (AvgIpc) is 3.29. The Morgan fingerprint density at radius 2 is 1.36 bits per heavy atom. The maximum absolute atomic E-state index is 2.51. The number of aromatic nitrogens is 2. The summed E-state index contributed by atoms with van der Waals surface area (Å²) in [7, 11) is 0. The highest BCUT2D eigenvalue weighted by molar-refractivity contribution is 5.85. The van der Waals surface area contributed by atoms with E-state index >= 15 is 0 Å². The number of hydrogen-bond donors (Lipinski definition) is 0. The fourth-order valence-electron chi connectivity index (χ4n) is 4.48. The van der Waals surface area contributed by atoms with Crippen LogP contribution in [-0.4, -0.2) is 4.57 Å². The van der Waals surface area contributed by atoms with E-state index in [1.54, 1.807) is 0 Å². The molecule has 25 heavy (non-hydrogen) atoms. The minimum Gasteiger partial charge on any atom is -0.218 e. The Balaban J connectivity index is 1.74. The summed E-state index contributed by atoms with van der Waals surface area (Å²) in [6.07, 6.45) is 0. The lowest BCUT2D eigenvalue weighted by Gasteiger charge is -2.02. The van der Waals surface area contributed by atoms with Gasteiger partial charge in [0.2, 0.25) is 0 Å². The molecule has 2 heteroatoms. The van der Waals surface area contributed by atoms with Gasteiger partial charge in [-0.15, -0.1) is 0 Å². The fraction of sp³-hybridized carbons (Fsp3) is 0.0870. The quantitative estimate of drug-likeness (QED) is 0.394. The fourth-order valence-corrected chi connectivity index (χ4v) is 4.48. The lowest BCUT2D eigenvalue weighted by atomic mass is 10.0. The number of benzene rings is 3. The summed E-state index contributed by atoms with van der Waals surface area (Å²) in [5.41, 5.74) is 9.63. The van der Waals surface area contributed by atoms with Gasteiger partial charge in [-0.25, -0.2) is 9.13 Å². The van der Waals surface area contributed by atoms with E-state index in [9.17, 15) is 0 Å². The van der Waals surface area contributed by atoms with Crippen LogP contribution in [0.5, 0.6) is 0 Å². The van der Waals surface area contributed by atoms with Crippen LogP contribution in [0.25, 0.3) is 33.9 Å². The van der Waals surface area contributed by atoms with Crippen molar-refractivity contribution >= 4 is 0 Å². The van der Waals surface area contributed by atoms with Crippen LogP contribution in [0.1, 0.15) is 11.1 Å². The first-order valence-electron chi connectivity index (χ1n) is 8.80. The van der Waals surface area contributed by atoms with Crippen molar-refractivity contribution in [2.24, 2.45) is 0 Å². The van der Waals surface area contributed by atoms with Crippen LogP contribution in [0, 0.1) is 0 Å². The molecule has 3 heterocycles. The maximum Gasteiger partial charge on any atom is 0.290 e. The molecule has 0 saturated carbocycles. The molecule has 2 nitrogen and oxygen atoms in total. The molecule has 0 spiro atoms. The van der Waals surface area contributed by atoms with E-state index in [0.29, 0.717) is 0 Å². The first-order valence-corrected chi connectivity index (χ1v) is 8.80. The van der Waals surface area contributed by atoms with Gasteiger partial charge in [0.15, 0.2) is 11.4 Å². The molecule has 0 saturated heterocycles. The Kier molecular flexibility index (Phi) is 2.48. The van der Waals surface area contributed by atoms with E-state index in [0.717, 1.165) is 13.1 Å². The van der Waals surface area contributed by atoms with E-state index in [1.807, 2.05) is 0 Å². The molecule has 0 bridgehead atoms. The van der Waals surface area contributed by atoms with Gasteiger partial charge in [0.25, 0.3) is 5.82 Å². The van der Waals surface area contributed by atoms with Crippen LogP contribution in [-0.2, 0) is 13.1 Å². The molecular weight excluding hydrogens is 304 g/mol. The second kappa shape index (κ2) is 4.70. The minimum absolute atomic E-state index is 0.956. The number of rotatable bonds is 1. The molecule has 3 aromatic carbocycles. The second-order valence-electron chi connectivity index (χ2n) is 6.87. The summed E-state index contributed by atoms with van der Waals surface area (Å²) in [6, 6.07) is 28.5. The molecule has 2 aliphatic heterocycles. The van der Waals surface area contributed by atoms with Gasteiger partial charge in [0, 0.05) is 22.3 Å². The van der Waals surface area contributed by atoms with E-state index in [1.165, 1.54) is 45.0 Å². The van der Waals surface area contributed by atoms with Gasteiger partial charge in [0.1, 0.15) is 13.1 Å². The van der Waals surface area contributed by atoms with Crippen molar-refractivity contribution in [3.05, 3.63) is 90.0 Å². The first kappa shape index (κ1) is 13.2. The predicted molar refractivity (Wildman–Crippen MR) is 99.1 cm³/mol. The zero-order valence-electron chi connectivity index (χ0n) is 13.8. The van der Waals surface area contributed by atoms with Gasteiger partial charge < -0.3 is 0 Å². The number of hydrogen-bond acceptors (Lipinski definition) is 0. The molecule has 0 fully saturated rings. The smallest absolute Gasteiger partial charge is 0.218 e. The van der Waals surface area contributed by atoms with E-state index in [-0.39, 0.29) is 0 Å². The van der Waals surface area contributed by atoms with E-state index in [4.69, 9.17) is 0 Å². The second-order valence-corrected chi connectivity index (χ2v) is 6.87. The largest absolute Gasteiger partial charge is 0.290 e. The standard InChI is InChI=1S/C23H17N2/c1-2-8-16(9-3-1)23-24-14-17-10-4-6-12-19(17)21(24)22-20-13-7-5-11-18(20)15-25(22)23/h1-13H,14-15H2/q+1. The molecule has 0 radical (unpaired) electrons. The monoisotopic (exact) mass is 321 g/mol. The molecule has 6 rings (SSSR count). The molecule has 0 unspecified atom stereocenters. The van der Waals surface area contributed by atoms with Gasteiger partial charge in [-0.3, -0.25) is 0 Å². The van der Waals surface area contributed by atoms with Crippen molar-refractivity contribution in [2.45, 2.75) is 13.1 Å². The molecule has 2 aliphatic rings. The summed E-state index contributed by atoms with van der Waals surface area (Å²) in [4.78, 5) is 0. The summed E-state index contributed by atoms with van der Waals surface area (Å²) in [5.74, 6) is 1.32. The third kappa shape index (κ3) is 1.66. The highest BCUT2D eigenvalue weighted by atomic mass is 15.2. The summed E-state index contributed by atoms with van der Waals surface area (Å²) >= 11 is 0. The van der Waals surface area contributed by atoms with Gasteiger partial charge >= 0.3 is 0 Å². The molecule has 1 aromatic heterocycles. The van der Waals surface area contributed by atoms with Gasteiger partial charge in [0.05, 0.1) is 5.56 Å². The van der Waals surface area contributed by atoms with Crippen molar-refractivity contribution in [3.8, 4) is 33.9 Å². The normalized spacial score (nSPS) is 13.3. The van der Waals surface area contributed by atoms with E-state index in [2.05, 4.69) is 88.0 Å². The minimum atomic E-state index is 0.956. The number of imidazole rings is 1. The van der Waals surface area contributed by atoms with Crippen LogP contribution in [0.3, 0.4) is 0 Å². The molecule has 0 atom stereocenters. The molecule has 0 amide bonds. The van der Waals surface area contributed by atoms with Gasteiger partial charge in [-0.2, -0.15) is 0 Å². The summed E-state index contributed by atoms with van der Waals surface area (Å²) < 4.78 is 5.01. The first-order chi connectivity index (χ1) is 12.4. The number of nitrogens with zero attached hydrogens (tertiary/aromatic N) is 2. The molecule has 0 N–H and O–H groups in total. The van der Waals surface area contributed by atoms with Crippen molar-refractivity contribution in [3.63, 3.8) is 0 Å². The van der Waals surface area contributed by atoms with Crippen molar-refractivity contribution in [2.75, 3.05) is 0 Å². The summed E-state index contributed by atoms with van der Waals surface area (Å²) in [5, 5.41) is 0. The Hall–Kier alpha value is -3.13. The van der Waals surface area contributed by atoms with Crippen LogP contribution < -0.4 is 4.57 Å². The van der Waals surface area contributed by atoms with Crippen molar-refractivity contribution in [1.82, 2.24) is 4.57 Å². The van der Waals surface area contributed by atoms with Gasteiger partial charge in [-0.05, 0) is 12.1 Å². The Labute approximate surface area is 146 Å². The Bertz CT molecular complexity index is 1070. The Morgan fingerprint density at radius 1 is 0.680 bits per heavy atom. The predicted octanol–water partition coefficient (Wildman–Crippen LogP) is 4.50. The third-order valence-corrected chi connectivity index (χ3v) is 5.51. The average molecular weight is 321 g/mol. The zero-order chi connectivity index (χ0) is 16.4. The highest BCUT2D eigenvalue weighted by Crippen LogP contribution is 2.44. The SMILES string of the molecule is c1ccc(-c2n3c(c4[n+]2Cc2ccccc2-4)-c2ccccc2C3)cc1. The lowest BCUT2D eigenvalue weighted by molar-refractivity contribution is -0.660. The van der Waals surface area contributed by atoms with Crippen LogP contribution in [0.15, 0.2) is 78.9 Å². The molecule has 0 aliphatic carbocycles. The van der Waals surface area contributed by atoms with Crippen LogP contribution in [0.2, 0.25) is 0 Å². The highest BCUT2D eigenvalue weighted by Gasteiger charge is 2.41. The van der Waals surface area contributed by atoms with Gasteiger partial charge in [-0.1, -0.05) is 66.7 Å². The molecular formula is C23H17N2+. The summed E-state index contributed by atoms with van der Waals surface area (Å²) in [6.45, 7) is 1.91. The van der Waals surface area contributed by atoms with Crippen LogP contribution >= 0.6 is 0 Å². The Morgan fingerprint density at radius 3 is 2.20 bits per heavy atom. The van der Waals surface area contributed by atoms with Crippen molar-refractivity contribution in [1.29, 1.82) is 0 Å². The van der Waals surface area contributed by atoms with E-state index < -0.39 is 0 Å².